The van der Waals surface area contributed by atoms with Crippen molar-refractivity contribution in [3.8, 4) is 0 Å². The van der Waals surface area contributed by atoms with Gasteiger partial charge in [-0.2, -0.15) is 0 Å². The van der Waals surface area contributed by atoms with Crippen LogP contribution >= 0.6 is 0 Å². The number of Topliss-reactive ketones (excluding diaryl/α,β-unsaturated/α-hetero) is 1. The van der Waals surface area contributed by atoms with Crippen molar-refractivity contribution >= 4 is 5.78 Å². The molecule has 1 aliphatic heterocycles. The second-order valence-corrected chi connectivity index (χ2v) is 5.20. The number of hydrogen-bond acceptors (Lipinski definition) is 2. The van der Waals surface area contributed by atoms with Crippen LogP contribution < -0.4 is 0 Å². The summed E-state index contributed by atoms with van der Waals surface area (Å²) in [6.45, 7) is 12.5. The molecule has 0 saturated carbocycles. The standard InChI is InChI=1S/C11H21NO/c1-6-11(5,9(2)13)12-7-10(3,4)8-12/h6-8H2,1-5H3. The van der Waals surface area contributed by atoms with Crippen LogP contribution in [0, 0.1) is 5.41 Å². The Morgan fingerprint density at radius 2 is 1.92 bits per heavy atom. The van der Waals surface area contributed by atoms with Crippen LogP contribution in [0.2, 0.25) is 0 Å². The summed E-state index contributed by atoms with van der Waals surface area (Å²) in [6.07, 6.45) is 0.915. The molecule has 76 valence electrons. The minimum atomic E-state index is -0.213. The summed E-state index contributed by atoms with van der Waals surface area (Å²) >= 11 is 0. The number of rotatable bonds is 3. The summed E-state index contributed by atoms with van der Waals surface area (Å²) in [6, 6.07) is 0. The van der Waals surface area contributed by atoms with E-state index in [1.54, 1.807) is 6.92 Å². The van der Waals surface area contributed by atoms with Crippen LogP contribution in [-0.2, 0) is 4.79 Å². The van der Waals surface area contributed by atoms with Crippen molar-refractivity contribution in [2.24, 2.45) is 5.41 Å². The van der Waals surface area contributed by atoms with Crippen LogP contribution in [0.15, 0.2) is 0 Å². The number of carbonyl (C=O) groups excluding carboxylic acids is 1. The zero-order valence-electron chi connectivity index (χ0n) is 9.48. The Hall–Kier alpha value is -0.370. The lowest BCUT2D eigenvalue weighted by Gasteiger charge is -2.54. The van der Waals surface area contributed by atoms with Crippen molar-refractivity contribution in [1.82, 2.24) is 4.90 Å². The largest absolute Gasteiger partial charge is 0.298 e. The van der Waals surface area contributed by atoms with E-state index in [2.05, 4.69) is 32.6 Å². The molecule has 13 heavy (non-hydrogen) atoms. The lowest BCUT2D eigenvalue weighted by atomic mass is 9.78. The fraction of sp³-hybridized carbons (Fsp3) is 0.909. The molecule has 0 aromatic heterocycles. The Morgan fingerprint density at radius 1 is 1.46 bits per heavy atom. The van der Waals surface area contributed by atoms with E-state index in [1.165, 1.54) is 0 Å². The topological polar surface area (TPSA) is 20.3 Å². The predicted octanol–water partition coefficient (Wildman–Crippen LogP) is 2.09. The molecule has 0 aliphatic carbocycles. The second-order valence-electron chi connectivity index (χ2n) is 5.20. The number of carbonyl (C=O) groups is 1. The van der Waals surface area contributed by atoms with Gasteiger partial charge in [0.1, 0.15) is 5.78 Å². The molecule has 1 unspecified atom stereocenters. The van der Waals surface area contributed by atoms with Crippen molar-refractivity contribution in [2.75, 3.05) is 13.1 Å². The first-order chi connectivity index (χ1) is 5.82. The van der Waals surface area contributed by atoms with Crippen molar-refractivity contribution < 1.29 is 4.79 Å². The van der Waals surface area contributed by atoms with Crippen LogP contribution in [0.25, 0.3) is 0 Å². The van der Waals surface area contributed by atoms with Gasteiger partial charge in [-0.05, 0) is 25.7 Å². The molecule has 0 aromatic carbocycles. The van der Waals surface area contributed by atoms with Crippen LogP contribution in [-0.4, -0.2) is 29.3 Å². The molecular formula is C11H21NO. The maximum absolute atomic E-state index is 11.5. The number of hydrogen-bond donors (Lipinski definition) is 0. The van der Waals surface area contributed by atoms with E-state index in [1.807, 2.05) is 0 Å². The summed E-state index contributed by atoms with van der Waals surface area (Å²) in [5, 5.41) is 0. The summed E-state index contributed by atoms with van der Waals surface area (Å²) in [5.74, 6) is 0.297. The smallest absolute Gasteiger partial charge is 0.149 e. The molecule has 2 heteroatoms. The fourth-order valence-corrected chi connectivity index (χ4v) is 2.03. The molecule has 0 N–H and O–H groups in total. The highest BCUT2D eigenvalue weighted by molar-refractivity contribution is 5.85. The first-order valence-corrected chi connectivity index (χ1v) is 5.08. The summed E-state index contributed by atoms with van der Waals surface area (Å²) in [4.78, 5) is 13.8. The third-order valence-electron chi connectivity index (χ3n) is 3.38. The van der Waals surface area contributed by atoms with Crippen LogP contribution in [0.1, 0.15) is 41.0 Å². The quantitative estimate of drug-likeness (QED) is 0.667. The Morgan fingerprint density at radius 3 is 2.15 bits per heavy atom. The maximum Gasteiger partial charge on any atom is 0.149 e. The molecule has 1 fully saturated rings. The van der Waals surface area contributed by atoms with E-state index in [9.17, 15) is 4.79 Å². The molecule has 0 radical (unpaired) electrons. The molecular weight excluding hydrogens is 162 g/mol. The third-order valence-corrected chi connectivity index (χ3v) is 3.38. The first kappa shape index (κ1) is 10.7. The van der Waals surface area contributed by atoms with Gasteiger partial charge in [-0.15, -0.1) is 0 Å². The number of likely N-dealkylation sites (tertiary alicyclic amines) is 1. The summed E-state index contributed by atoms with van der Waals surface area (Å²) in [5.41, 5.74) is 0.196. The monoisotopic (exact) mass is 183 g/mol. The van der Waals surface area contributed by atoms with E-state index >= 15 is 0 Å². The van der Waals surface area contributed by atoms with Gasteiger partial charge in [-0.3, -0.25) is 9.69 Å². The molecule has 0 aromatic rings. The minimum Gasteiger partial charge on any atom is -0.298 e. The van der Waals surface area contributed by atoms with Crippen LogP contribution in [0.5, 0.6) is 0 Å². The SMILES string of the molecule is CCC(C)(C(C)=O)N1CC(C)(C)C1. The Bertz CT molecular complexity index is 214. The molecule has 1 rings (SSSR count). The average molecular weight is 183 g/mol. The predicted molar refractivity (Wildman–Crippen MR) is 54.7 cm³/mol. The fourth-order valence-electron chi connectivity index (χ4n) is 2.03. The van der Waals surface area contributed by atoms with E-state index < -0.39 is 0 Å². The highest BCUT2D eigenvalue weighted by atomic mass is 16.1. The van der Waals surface area contributed by atoms with E-state index in [0.29, 0.717) is 11.2 Å². The molecule has 0 spiro atoms. The molecule has 0 bridgehead atoms. The molecule has 1 heterocycles. The molecule has 1 aliphatic rings. The Balaban J connectivity index is 2.66. The van der Waals surface area contributed by atoms with Crippen molar-refractivity contribution in [1.29, 1.82) is 0 Å². The van der Waals surface area contributed by atoms with Gasteiger partial charge < -0.3 is 0 Å². The molecule has 1 saturated heterocycles. The highest BCUT2D eigenvalue weighted by Gasteiger charge is 2.45. The van der Waals surface area contributed by atoms with Gasteiger partial charge in [0.25, 0.3) is 0 Å². The zero-order chi connectivity index (χ0) is 10.3. The van der Waals surface area contributed by atoms with E-state index in [-0.39, 0.29) is 5.54 Å². The summed E-state index contributed by atoms with van der Waals surface area (Å²) in [7, 11) is 0. The van der Waals surface area contributed by atoms with Gasteiger partial charge in [-0.1, -0.05) is 20.8 Å². The maximum atomic E-state index is 11.5. The highest BCUT2D eigenvalue weighted by Crippen LogP contribution is 2.36. The number of nitrogens with zero attached hydrogens (tertiary/aromatic N) is 1. The molecule has 2 nitrogen and oxygen atoms in total. The first-order valence-electron chi connectivity index (χ1n) is 5.08. The number of ketones is 1. The normalized spacial score (nSPS) is 26.2. The van der Waals surface area contributed by atoms with Gasteiger partial charge in [0.2, 0.25) is 0 Å². The van der Waals surface area contributed by atoms with Crippen molar-refractivity contribution in [3.63, 3.8) is 0 Å². The minimum absolute atomic E-state index is 0.213. The van der Waals surface area contributed by atoms with Crippen LogP contribution in [0.3, 0.4) is 0 Å². The summed E-state index contributed by atoms with van der Waals surface area (Å²) < 4.78 is 0. The zero-order valence-corrected chi connectivity index (χ0v) is 9.48. The van der Waals surface area contributed by atoms with Gasteiger partial charge >= 0.3 is 0 Å². The van der Waals surface area contributed by atoms with E-state index in [0.717, 1.165) is 19.5 Å². The van der Waals surface area contributed by atoms with Gasteiger partial charge in [0.05, 0.1) is 5.54 Å². The van der Waals surface area contributed by atoms with Gasteiger partial charge in [-0.25, -0.2) is 0 Å². The lowest BCUT2D eigenvalue weighted by molar-refractivity contribution is -0.137. The van der Waals surface area contributed by atoms with E-state index in [4.69, 9.17) is 0 Å². The second kappa shape index (κ2) is 3.09. The average Bonchev–Trinajstić information content (AvgIpc) is 1.98. The Labute approximate surface area is 81.3 Å². The van der Waals surface area contributed by atoms with Crippen molar-refractivity contribution in [2.45, 2.75) is 46.6 Å². The van der Waals surface area contributed by atoms with Gasteiger partial charge in [0.15, 0.2) is 0 Å². The lowest BCUT2D eigenvalue weighted by Crippen LogP contribution is -2.64. The molecule has 0 amide bonds. The van der Waals surface area contributed by atoms with Gasteiger partial charge in [0, 0.05) is 13.1 Å². The van der Waals surface area contributed by atoms with Crippen molar-refractivity contribution in [3.05, 3.63) is 0 Å². The third kappa shape index (κ3) is 1.78. The van der Waals surface area contributed by atoms with Crippen LogP contribution in [0.4, 0.5) is 0 Å². The Kier molecular flexibility index (Phi) is 2.54. The molecule has 1 atom stereocenters.